The predicted octanol–water partition coefficient (Wildman–Crippen LogP) is 4.51. The van der Waals surface area contributed by atoms with E-state index in [9.17, 15) is 13.2 Å². The first-order valence-corrected chi connectivity index (χ1v) is 8.11. The van der Waals surface area contributed by atoms with Crippen molar-refractivity contribution >= 4 is 21.6 Å². The van der Waals surface area contributed by atoms with Gasteiger partial charge in [0.05, 0.1) is 5.56 Å². The molecule has 2 heterocycles. The molecule has 6 heteroatoms. The van der Waals surface area contributed by atoms with Crippen molar-refractivity contribution in [3.8, 4) is 0 Å². The molecule has 2 aliphatic heterocycles. The van der Waals surface area contributed by atoms with Gasteiger partial charge >= 0.3 is 6.18 Å². The average Bonchev–Trinajstić information content (AvgIpc) is 2.81. The van der Waals surface area contributed by atoms with E-state index in [1.165, 1.54) is 18.9 Å². The number of hydrogen-bond donors (Lipinski definition) is 1. The van der Waals surface area contributed by atoms with Crippen LogP contribution in [0.5, 0.6) is 0 Å². The van der Waals surface area contributed by atoms with Crippen LogP contribution in [0.1, 0.15) is 31.2 Å². The Morgan fingerprint density at radius 1 is 1.10 bits per heavy atom. The van der Waals surface area contributed by atoms with Gasteiger partial charge in [-0.15, -0.1) is 0 Å². The van der Waals surface area contributed by atoms with Crippen LogP contribution in [0.25, 0.3) is 0 Å². The van der Waals surface area contributed by atoms with E-state index < -0.39 is 11.7 Å². The largest absolute Gasteiger partial charge is 0.416 e. The third kappa shape index (κ3) is 3.37. The fraction of sp³-hybridized carbons (Fsp3) is 0.600. The second-order valence-electron chi connectivity index (χ2n) is 5.86. The number of alkyl halides is 3. The Kier molecular flexibility index (Phi) is 4.19. The van der Waals surface area contributed by atoms with Crippen LogP contribution in [-0.4, -0.2) is 30.1 Å². The molecule has 2 unspecified atom stereocenters. The summed E-state index contributed by atoms with van der Waals surface area (Å²) in [5, 5.41) is 3.32. The average molecular weight is 363 g/mol. The molecule has 0 saturated carbocycles. The van der Waals surface area contributed by atoms with Crippen LogP contribution in [0.15, 0.2) is 22.7 Å². The molecule has 1 N–H and O–H groups in total. The van der Waals surface area contributed by atoms with Gasteiger partial charge in [0.15, 0.2) is 0 Å². The van der Waals surface area contributed by atoms with Crippen molar-refractivity contribution in [1.29, 1.82) is 0 Å². The number of benzene rings is 1. The number of piperidine rings is 1. The van der Waals surface area contributed by atoms with Crippen molar-refractivity contribution in [1.82, 2.24) is 4.90 Å². The van der Waals surface area contributed by atoms with Crippen LogP contribution >= 0.6 is 15.9 Å². The molecule has 0 radical (unpaired) electrons. The highest BCUT2D eigenvalue weighted by Crippen LogP contribution is 2.35. The molecule has 0 bridgehead atoms. The number of hydrogen-bond acceptors (Lipinski definition) is 2. The van der Waals surface area contributed by atoms with Gasteiger partial charge in [0.25, 0.3) is 0 Å². The molecular formula is C15H18BrF3N2. The van der Waals surface area contributed by atoms with Gasteiger partial charge < -0.3 is 5.32 Å². The van der Waals surface area contributed by atoms with Crippen LogP contribution in [0, 0.1) is 0 Å². The molecule has 3 rings (SSSR count). The Morgan fingerprint density at radius 3 is 2.67 bits per heavy atom. The Morgan fingerprint density at radius 2 is 1.90 bits per heavy atom. The zero-order valence-electron chi connectivity index (χ0n) is 11.6. The number of halogens is 4. The summed E-state index contributed by atoms with van der Waals surface area (Å²) in [6, 6.07) is 4.76. The summed E-state index contributed by atoms with van der Waals surface area (Å²) in [5.74, 6) is 0. The lowest BCUT2D eigenvalue weighted by atomic mass is 9.99. The topological polar surface area (TPSA) is 15.3 Å². The molecule has 0 aromatic heterocycles. The number of rotatable bonds is 2. The molecule has 2 aliphatic rings. The monoisotopic (exact) mass is 362 g/mol. The van der Waals surface area contributed by atoms with E-state index in [1.807, 2.05) is 0 Å². The van der Waals surface area contributed by atoms with Gasteiger partial charge in [0.1, 0.15) is 0 Å². The first-order valence-electron chi connectivity index (χ1n) is 7.32. The molecule has 1 aromatic rings. The molecular weight excluding hydrogens is 345 g/mol. The summed E-state index contributed by atoms with van der Waals surface area (Å²) >= 11 is 3.17. The van der Waals surface area contributed by atoms with Crippen LogP contribution in [0.2, 0.25) is 0 Å². The maximum Gasteiger partial charge on any atom is 0.416 e. The third-order valence-electron chi connectivity index (χ3n) is 4.43. The van der Waals surface area contributed by atoms with Crippen molar-refractivity contribution < 1.29 is 13.2 Å². The van der Waals surface area contributed by atoms with Crippen molar-refractivity contribution in [2.45, 2.75) is 43.9 Å². The molecule has 2 saturated heterocycles. The van der Waals surface area contributed by atoms with Gasteiger partial charge in [-0.1, -0.05) is 22.4 Å². The van der Waals surface area contributed by atoms with E-state index >= 15 is 0 Å². The SMILES string of the molecule is FC(F)(F)c1cc(Br)cc(NC2CCN3CCCCC23)c1. The van der Waals surface area contributed by atoms with Gasteiger partial charge in [0, 0.05) is 28.8 Å². The normalized spacial score (nSPS) is 26.7. The fourth-order valence-electron chi connectivity index (χ4n) is 3.47. The Bertz CT molecular complexity index is 518. The highest BCUT2D eigenvalue weighted by molar-refractivity contribution is 9.10. The molecule has 2 atom stereocenters. The first kappa shape index (κ1) is 15.2. The second-order valence-corrected chi connectivity index (χ2v) is 6.78. The zero-order valence-corrected chi connectivity index (χ0v) is 13.2. The van der Waals surface area contributed by atoms with E-state index in [1.54, 1.807) is 6.07 Å². The van der Waals surface area contributed by atoms with E-state index in [0.29, 0.717) is 16.2 Å². The van der Waals surface area contributed by atoms with Crippen LogP contribution in [0.3, 0.4) is 0 Å². The van der Waals surface area contributed by atoms with E-state index in [4.69, 9.17) is 0 Å². The molecule has 0 amide bonds. The second kappa shape index (κ2) is 5.80. The minimum absolute atomic E-state index is 0.251. The summed E-state index contributed by atoms with van der Waals surface area (Å²) in [4.78, 5) is 2.46. The number of fused-ring (bicyclic) bond motifs is 1. The van der Waals surface area contributed by atoms with Crippen molar-refractivity contribution in [2.24, 2.45) is 0 Å². The number of nitrogens with one attached hydrogen (secondary N) is 1. The van der Waals surface area contributed by atoms with E-state index in [2.05, 4.69) is 26.1 Å². The minimum atomic E-state index is -4.31. The Hall–Kier alpha value is -0.750. The molecule has 1 aromatic carbocycles. The van der Waals surface area contributed by atoms with Crippen molar-refractivity contribution in [2.75, 3.05) is 18.4 Å². The Labute approximate surface area is 130 Å². The maximum absolute atomic E-state index is 12.9. The van der Waals surface area contributed by atoms with Crippen molar-refractivity contribution in [3.05, 3.63) is 28.2 Å². The van der Waals surface area contributed by atoms with Crippen LogP contribution in [0.4, 0.5) is 18.9 Å². The third-order valence-corrected chi connectivity index (χ3v) is 4.89. The Balaban J connectivity index is 1.77. The van der Waals surface area contributed by atoms with Crippen LogP contribution < -0.4 is 5.32 Å². The van der Waals surface area contributed by atoms with Crippen LogP contribution in [-0.2, 0) is 6.18 Å². The molecule has 116 valence electrons. The molecule has 0 spiro atoms. The molecule has 2 fully saturated rings. The highest BCUT2D eigenvalue weighted by Gasteiger charge is 2.36. The molecule has 21 heavy (non-hydrogen) atoms. The lowest BCUT2D eigenvalue weighted by Gasteiger charge is -2.33. The van der Waals surface area contributed by atoms with Gasteiger partial charge in [-0.2, -0.15) is 13.2 Å². The lowest BCUT2D eigenvalue weighted by Crippen LogP contribution is -2.41. The highest BCUT2D eigenvalue weighted by atomic mass is 79.9. The van der Waals surface area contributed by atoms with E-state index in [-0.39, 0.29) is 6.04 Å². The summed E-state index contributed by atoms with van der Waals surface area (Å²) in [6.07, 6.45) is 0.271. The minimum Gasteiger partial charge on any atom is -0.381 e. The summed E-state index contributed by atoms with van der Waals surface area (Å²) < 4.78 is 39.1. The quantitative estimate of drug-likeness (QED) is 0.832. The lowest BCUT2D eigenvalue weighted by molar-refractivity contribution is -0.137. The van der Waals surface area contributed by atoms with E-state index in [0.717, 1.165) is 32.0 Å². The summed E-state index contributed by atoms with van der Waals surface area (Å²) in [7, 11) is 0. The summed E-state index contributed by atoms with van der Waals surface area (Å²) in [5.41, 5.74) is -0.0630. The van der Waals surface area contributed by atoms with Gasteiger partial charge in [-0.05, 0) is 44.0 Å². The number of anilines is 1. The first-order chi connectivity index (χ1) is 9.93. The maximum atomic E-state index is 12.9. The smallest absolute Gasteiger partial charge is 0.381 e. The van der Waals surface area contributed by atoms with Gasteiger partial charge in [0.2, 0.25) is 0 Å². The zero-order chi connectivity index (χ0) is 15.0. The van der Waals surface area contributed by atoms with Gasteiger partial charge in [-0.3, -0.25) is 4.90 Å². The predicted molar refractivity (Wildman–Crippen MR) is 80.4 cm³/mol. The summed E-state index contributed by atoms with van der Waals surface area (Å²) in [6.45, 7) is 2.16. The van der Waals surface area contributed by atoms with Gasteiger partial charge in [-0.25, -0.2) is 0 Å². The molecule has 2 nitrogen and oxygen atoms in total. The number of nitrogens with zero attached hydrogens (tertiary/aromatic N) is 1. The standard InChI is InChI=1S/C15H18BrF3N2/c16-11-7-10(15(17,18)19)8-12(9-11)20-13-4-6-21-5-2-1-3-14(13)21/h7-9,13-14,20H,1-6H2. The molecule has 0 aliphatic carbocycles. The van der Waals surface area contributed by atoms with Crippen molar-refractivity contribution in [3.63, 3.8) is 0 Å². The fourth-order valence-corrected chi connectivity index (χ4v) is 3.96.